The van der Waals surface area contributed by atoms with E-state index in [1.165, 1.54) is 4.90 Å². The Kier molecular flexibility index (Phi) is 2.99. The highest BCUT2D eigenvalue weighted by Gasteiger charge is 2.43. The molecule has 0 aromatic heterocycles. The van der Waals surface area contributed by atoms with Crippen molar-refractivity contribution in [2.45, 2.75) is 38.4 Å². The van der Waals surface area contributed by atoms with Gasteiger partial charge in [0.1, 0.15) is 6.04 Å². The van der Waals surface area contributed by atoms with Gasteiger partial charge in [-0.15, -0.1) is 0 Å². The van der Waals surface area contributed by atoms with Gasteiger partial charge in [0.15, 0.2) is 0 Å². The Morgan fingerprint density at radius 3 is 2.42 bits per heavy atom. The summed E-state index contributed by atoms with van der Waals surface area (Å²) in [5.74, 6) is 0. The van der Waals surface area contributed by atoms with Crippen LogP contribution >= 0.6 is 0 Å². The van der Waals surface area contributed by atoms with Crippen molar-refractivity contribution in [3.8, 4) is 0 Å². The van der Waals surface area contributed by atoms with Crippen molar-refractivity contribution in [1.29, 1.82) is 0 Å². The molecule has 0 aliphatic carbocycles. The molecule has 1 fully saturated rings. The van der Waals surface area contributed by atoms with E-state index in [-0.39, 0.29) is 6.42 Å². The summed E-state index contributed by atoms with van der Waals surface area (Å²) in [6.45, 7) is 2.88. The molecule has 0 aromatic rings. The van der Waals surface area contributed by atoms with E-state index in [1.807, 2.05) is 0 Å². The molecule has 1 atom stereocenters. The summed E-state index contributed by atoms with van der Waals surface area (Å²) in [7, 11) is 0. The molecule has 72 valence electrons. The van der Waals surface area contributed by atoms with Gasteiger partial charge in [0, 0.05) is 0 Å². The summed E-state index contributed by atoms with van der Waals surface area (Å²) >= 11 is 0. The Morgan fingerprint density at radius 2 is 2.00 bits per heavy atom. The first-order valence-corrected chi connectivity index (χ1v) is 4.36. The van der Waals surface area contributed by atoms with Crippen LogP contribution < -0.4 is 0 Å². The maximum atomic E-state index is 12.3. The zero-order valence-electron chi connectivity index (χ0n) is 7.19. The fourth-order valence-electron chi connectivity index (χ4n) is 1.74. The predicted molar refractivity (Wildman–Crippen MR) is 40.9 cm³/mol. The zero-order valence-corrected chi connectivity index (χ0v) is 7.19. The number of nitrogens with zero attached hydrogens (tertiary/aromatic N) is 1. The first kappa shape index (κ1) is 9.84. The number of hydrogen-bond donors (Lipinski definition) is 0. The van der Waals surface area contributed by atoms with Gasteiger partial charge in [-0.05, 0) is 25.9 Å². The molecule has 12 heavy (non-hydrogen) atoms. The Balaban J connectivity index is 2.59. The summed E-state index contributed by atoms with van der Waals surface area (Å²) in [4.78, 5) is 1.52. The molecule has 1 saturated heterocycles. The van der Waals surface area contributed by atoms with Gasteiger partial charge in [0.25, 0.3) is 0 Å². The van der Waals surface area contributed by atoms with Crippen molar-refractivity contribution in [1.82, 2.24) is 4.90 Å². The quantitative estimate of drug-likeness (QED) is 0.600. The molecule has 0 aromatic carbocycles. The molecule has 0 N–H and O–H groups in total. The van der Waals surface area contributed by atoms with E-state index in [1.54, 1.807) is 6.92 Å². The Morgan fingerprint density at radius 1 is 1.33 bits per heavy atom. The summed E-state index contributed by atoms with van der Waals surface area (Å²) in [5.41, 5.74) is 0. The third-order valence-electron chi connectivity index (χ3n) is 2.40. The van der Waals surface area contributed by atoms with Crippen molar-refractivity contribution < 1.29 is 13.2 Å². The first-order valence-electron chi connectivity index (χ1n) is 4.36. The van der Waals surface area contributed by atoms with Gasteiger partial charge in [-0.3, -0.25) is 4.90 Å². The number of rotatable bonds is 1. The minimum absolute atomic E-state index is 0.275. The molecule has 1 aliphatic heterocycles. The third-order valence-corrected chi connectivity index (χ3v) is 2.40. The minimum atomic E-state index is -4.03. The molecule has 1 rings (SSSR count). The molecule has 0 radical (unpaired) electrons. The highest BCUT2D eigenvalue weighted by atomic mass is 19.4. The van der Waals surface area contributed by atoms with Crippen molar-refractivity contribution in [2.75, 3.05) is 13.1 Å². The fraction of sp³-hybridized carbons (Fsp3) is 1.00. The van der Waals surface area contributed by atoms with E-state index in [0.717, 1.165) is 6.42 Å². The maximum absolute atomic E-state index is 12.3. The lowest BCUT2D eigenvalue weighted by atomic mass is 10.0. The van der Waals surface area contributed by atoms with Crippen LogP contribution in [-0.2, 0) is 0 Å². The number of likely N-dealkylation sites (tertiary alicyclic amines) is 1. The van der Waals surface area contributed by atoms with E-state index >= 15 is 0 Å². The molecule has 0 spiro atoms. The van der Waals surface area contributed by atoms with E-state index < -0.39 is 12.2 Å². The summed E-state index contributed by atoms with van der Waals surface area (Å²) in [6.07, 6.45) is -2.14. The van der Waals surface area contributed by atoms with Crippen LogP contribution in [0, 0.1) is 0 Å². The lowest BCUT2D eigenvalue weighted by Crippen LogP contribution is -2.48. The lowest BCUT2D eigenvalue weighted by molar-refractivity contribution is -0.190. The Bertz CT molecular complexity index is 144. The van der Waals surface area contributed by atoms with E-state index in [4.69, 9.17) is 0 Å². The second-order valence-corrected chi connectivity index (χ2v) is 3.18. The van der Waals surface area contributed by atoms with Gasteiger partial charge in [0.2, 0.25) is 0 Å². The molecule has 0 bridgehead atoms. The summed E-state index contributed by atoms with van der Waals surface area (Å²) < 4.78 is 37.0. The van der Waals surface area contributed by atoms with Crippen LogP contribution in [-0.4, -0.2) is 30.2 Å². The fourth-order valence-corrected chi connectivity index (χ4v) is 1.74. The van der Waals surface area contributed by atoms with Crippen LogP contribution in [0.4, 0.5) is 13.2 Å². The van der Waals surface area contributed by atoms with Gasteiger partial charge in [0.05, 0.1) is 0 Å². The summed E-state index contributed by atoms with van der Waals surface area (Å²) in [6, 6.07) is -1.18. The standard InChI is InChI=1S/C8H14F3N/c1-2-12-6-4-3-5-7(12)8(9,10)11/h7H,2-6H2,1H3. The molecular formula is C8H14F3N. The monoisotopic (exact) mass is 181 g/mol. The zero-order chi connectivity index (χ0) is 9.19. The highest BCUT2D eigenvalue weighted by Crippen LogP contribution is 2.31. The van der Waals surface area contributed by atoms with Crippen LogP contribution in [0.1, 0.15) is 26.2 Å². The topological polar surface area (TPSA) is 3.24 Å². The predicted octanol–water partition coefficient (Wildman–Crippen LogP) is 2.42. The van der Waals surface area contributed by atoms with Crippen LogP contribution in [0.25, 0.3) is 0 Å². The number of halogens is 3. The van der Waals surface area contributed by atoms with Gasteiger partial charge in [-0.1, -0.05) is 13.3 Å². The highest BCUT2D eigenvalue weighted by molar-refractivity contribution is 4.81. The van der Waals surface area contributed by atoms with Crippen molar-refractivity contribution in [3.63, 3.8) is 0 Å². The van der Waals surface area contributed by atoms with Gasteiger partial charge < -0.3 is 0 Å². The van der Waals surface area contributed by atoms with Gasteiger partial charge >= 0.3 is 6.18 Å². The third kappa shape index (κ3) is 2.12. The molecule has 1 unspecified atom stereocenters. The van der Waals surface area contributed by atoms with E-state index in [9.17, 15) is 13.2 Å². The van der Waals surface area contributed by atoms with Crippen molar-refractivity contribution in [2.24, 2.45) is 0 Å². The normalized spacial score (nSPS) is 27.5. The smallest absolute Gasteiger partial charge is 0.293 e. The second-order valence-electron chi connectivity index (χ2n) is 3.18. The second kappa shape index (κ2) is 3.64. The first-order chi connectivity index (χ1) is 5.55. The maximum Gasteiger partial charge on any atom is 0.404 e. The van der Waals surface area contributed by atoms with Crippen LogP contribution in [0.2, 0.25) is 0 Å². The largest absolute Gasteiger partial charge is 0.404 e. The molecule has 0 amide bonds. The number of piperidine rings is 1. The number of hydrogen-bond acceptors (Lipinski definition) is 1. The average molecular weight is 181 g/mol. The SMILES string of the molecule is CCN1CCCCC1C(F)(F)F. The van der Waals surface area contributed by atoms with Crippen molar-refractivity contribution in [3.05, 3.63) is 0 Å². The van der Waals surface area contributed by atoms with Crippen LogP contribution in [0.5, 0.6) is 0 Å². The van der Waals surface area contributed by atoms with Gasteiger partial charge in [-0.25, -0.2) is 0 Å². The Labute approximate surface area is 70.5 Å². The molecule has 4 heteroatoms. The van der Waals surface area contributed by atoms with E-state index in [2.05, 4.69) is 0 Å². The average Bonchev–Trinajstić information content (AvgIpc) is 2.03. The summed E-state index contributed by atoms with van der Waals surface area (Å²) in [5, 5.41) is 0. The van der Waals surface area contributed by atoms with Gasteiger partial charge in [-0.2, -0.15) is 13.2 Å². The molecular weight excluding hydrogens is 167 g/mol. The number of alkyl halides is 3. The minimum Gasteiger partial charge on any atom is -0.293 e. The van der Waals surface area contributed by atoms with Crippen LogP contribution in [0.15, 0.2) is 0 Å². The Hall–Kier alpha value is -0.250. The molecule has 1 nitrogen and oxygen atoms in total. The molecule has 1 aliphatic rings. The lowest BCUT2D eigenvalue weighted by Gasteiger charge is -2.35. The van der Waals surface area contributed by atoms with E-state index in [0.29, 0.717) is 19.5 Å². The van der Waals surface area contributed by atoms with Crippen LogP contribution in [0.3, 0.4) is 0 Å². The van der Waals surface area contributed by atoms with Crippen molar-refractivity contribution >= 4 is 0 Å². The molecule has 1 heterocycles. The molecule has 0 saturated carbocycles.